The molecular formula is C17H29N3. The van der Waals surface area contributed by atoms with Gasteiger partial charge in [-0.25, -0.2) is 4.98 Å². The Labute approximate surface area is 123 Å². The maximum Gasteiger partial charge on any atom is 0.129 e. The van der Waals surface area contributed by atoms with Gasteiger partial charge in [0, 0.05) is 30.7 Å². The van der Waals surface area contributed by atoms with Crippen LogP contribution >= 0.6 is 0 Å². The van der Waals surface area contributed by atoms with Gasteiger partial charge in [0.25, 0.3) is 0 Å². The first-order valence-corrected chi connectivity index (χ1v) is 7.90. The zero-order chi connectivity index (χ0) is 14.8. The van der Waals surface area contributed by atoms with Crippen LogP contribution in [0.3, 0.4) is 0 Å². The Morgan fingerprint density at radius 1 is 1.35 bits per heavy atom. The molecule has 3 nitrogen and oxygen atoms in total. The topological polar surface area (TPSA) is 42.1 Å². The van der Waals surface area contributed by atoms with Crippen molar-refractivity contribution < 1.29 is 0 Å². The highest BCUT2D eigenvalue weighted by Gasteiger charge is 2.24. The van der Waals surface area contributed by atoms with Gasteiger partial charge in [0.05, 0.1) is 0 Å². The largest absolute Gasteiger partial charge is 0.356 e. The molecule has 1 fully saturated rings. The number of aromatic nitrogens is 1. The fraction of sp³-hybridized carbons (Fsp3) is 0.706. The lowest BCUT2D eigenvalue weighted by Crippen LogP contribution is -2.23. The summed E-state index contributed by atoms with van der Waals surface area (Å²) >= 11 is 0. The predicted molar refractivity (Wildman–Crippen MR) is 86.1 cm³/mol. The van der Waals surface area contributed by atoms with Crippen LogP contribution in [-0.2, 0) is 12.0 Å². The Bertz CT molecular complexity index is 448. The van der Waals surface area contributed by atoms with Crippen LogP contribution in [0.4, 0.5) is 5.82 Å². The third-order valence-electron chi connectivity index (χ3n) is 4.18. The second kappa shape index (κ2) is 6.13. The van der Waals surface area contributed by atoms with Crippen molar-refractivity contribution in [2.24, 2.45) is 11.7 Å². The summed E-state index contributed by atoms with van der Waals surface area (Å²) in [4.78, 5) is 7.34. The number of rotatable bonds is 4. The highest BCUT2D eigenvalue weighted by atomic mass is 15.2. The van der Waals surface area contributed by atoms with Crippen molar-refractivity contribution in [3.63, 3.8) is 0 Å². The van der Waals surface area contributed by atoms with Crippen LogP contribution in [0.1, 0.15) is 58.2 Å². The maximum absolute atomic E-state index is 5.86. The van der Waals surface area contributed by atoms with E-state index in [1.807, 2.05) is 0 Å². The molecule has 0 amide bonds. The van der Waals surface area contributed by atoms with E-state index < -0.39 is 0 Å². The molecular weight excluding hydrogens is 246 g/mol. The van der Waals surface area contributed by atoms with Crippen molar-refractivity contribution in [1.29, 1.82) is 0 Å². The van der Waals surface area contributed by atoms with E-state index in [2.05, 4.69) is 44.7 Å². The highest BCUT2D eigenvalue weighted by Crippen LogP contribution is 2.29. The maximum atomic E-state index is 5.86. The minimum Gasteiger partial charge on any atom is -0.356 e. The fourth-order valence-electron chi connectivity index (χ4n) is 2.92. The van der Waals surface area contributed by atoms with Crippen LogP contribution in [-0.4, -0.2) is 18.1 Å². The SMILES string of the molecule is CCCC1CCN(c2cc(CN)cc(C(C)(C)C)n2)C1. The number of pyridine rings is 1. The van der Waals surface area contributed by atoms with Gasteiger partial charge in [-0.05, 0) is 36.5 Å². The van der Waals surface area contributed by atoms with Crippen molar-refractivity contribution in [3.05, 3.63) is 23.4 Å². The Kier molecular flexibility index (Phi) is 4.69. The second-order valence-electron chi connectivity index (χ2n) is 7.06. The molecule has 0 aromatic carbocycles. The van der Waals surface area contributed by atoms with Gasteiger partial charge in [-0.15, -0.1) is 0 Å². The van der Waals surface area contributed by atoms with E-state index in [9.17, 15) is 0 Å². The molecule has 1 aliphatic heterocycles. The lowest BCUT2D eigenvalue weighted by molar-refractivity contribution is 0.529. The lowest BCUT2D eigenvalue weighted by atomic mass is 9.90. The molecule has 20 heavy (non-hydrogen) atoms. The van der Waals surface area contributed by atoms with Gasteiger partial charge in [0.2, 0.25) is 0 Å². The Morgan fingerprint density at radius 3 is 2.70 bits per heavy atom. The number of nitrogens with two attached hydrogens (primary N) is 1. The molecule has 1 aromatic rings. The van der Waals surface area contributed by atoms with Gasteiger partial charge in [0.15, 0.2) is 0 Å². The van der Waals surface area contributed by atoms with E-state index in [-0.39, 0.29) is 5.41 Å². The van der Waals surface area contributed by atoms with E-state index in [1.54, 1.807) is 0 Å². The van der Waals surface area contributed by atoms with Gasteiger partial charge in [-0.2, -0.15) is 0 Å². The number of hydrogen-bond acceptors (Lipinski definition) is 3. The molecule has 2 rings (SSSR count). The summed E-state index contributed by atoms with van der Waals surface area (Å²) in [7, 11) is 0. The number of nitrogens with zero attached hydrogens (tertiary/aromatic N) is 2. The molecule has 3 heteroatoms. The van der Waals surface area contributed by atoms with Crippen LogP contribution in [0.25, 0.3) is 0 Å². The number of anilines is 1. The molecule has 1 aliphatic rings. The van der Waals surface area contributed by atoms with E-state index in [1.165, 1.54) is 24.8 Å². The van der Waals surface area contributed by atoms with Crippen molar-refractivity contribution in [2.75, 3.05) is 18.0 Å². The van der Waals surface area contributed by atoms with Crippen LogP contribution in [0.15, 0.2) is 12.1 Å². The first-order chi connectivity index (χ1) is 9.44. The standard InChI is InChI=1S/C17H29N3/c1-5-6-13-7-8-20(12-13)16-10-14(11-18)9-15(19-16)17(2,3)4/h9-10,13H,5-8,11-12,18H2,1-4H3. The summed E-state index contributed by atoms with van der Waals surface area (Å²) in [5.74, 6) is 1.96. The van der Waals surface area contributed by atoms with E-state index >= 15 is 0 Å². The third-order valence-corrected chi connectivity index (χ3v) is 4.18. The minimum atomic E-state index is 0.0719. The molecule has 1 aromatic heterocycles. The first kappa shape index (κ1) is 15.3. The summed E-state index contributed by atoms with van der Waals surface area (Å²) in [6.07, 6.45) is 3.91. The van der Waals surface area contributed by atoms with Gasteiger partial charge in [-0.1, -0.05) is 34.1 Å². The Morgan fingerprint density at radius 2 is 2.10 bits per heavy atom. The normalized spacial score (nSPS) is 19.6. The summed E-state index contributed by atoms with van der Waals surface area (Å²) < 4.78 is 0. The molecule has 0 bridgehead atoms. The second-order valence-corrected chi connectivity index (χ2v) is 7.06. The first-order valence-electron chi connectivity index (χ1n) is 7.90. The van der Waals surface area contributed by atoms with Crippen molar-refractivity contribution >= 4 is 5.82 Å². The Balaban J connectivity index is 2.23. The van der Waals surface area contributed by atoms with Gasteiger partial charge < -0.3 is 10.6 Å². The average molecular weight is 275 g/mol. The van der Waals surface area contributed by atoms with Crippen LogP contribution in [0, 0.1) is 5.92 Å². The summed E-state index contributed by atoms with van der Waals surface area (Å²) in [6.45, 7) is 11.8. The quantitative estimate of drug-likeness (QED) is 0.915. The zero-order valence-corrected chi connectivity index (χ0v) is 13.4. The molecule has 2 heterocycles. The molecule has 0 aliphatic carbocycles. The van der Waals surface area contributed by atoms with Crippen molar-refractivity contribution in [2.45, 2.75) is 58.9 Å². The van der Waals surface area contributed by atoms with Gasteiger partial charge in [0.1, 0.15) is 5.82 Å². The highest BCUT2D eigenvalue weighted by molar-refractivity contribution is 5.45. The van der Waals surface area contributed by atoms with Crippen LogP contribution in [0.2, 0.25) is 0 Å². The lowest BCUT2D eigenvalue weighted by Gasteiger charge is -2.24. The zero-order valence-electron chi connectivity index (χ0n) is 13.4. The van der Waals surface area contributed by atoms with Crippen LogP contribution in [0.5, 0.6) is 0 Å². The molecule has 1 atom stereocenters. The van der Waals surface area contributed by atoms with Crippen molar-refractivity contribution in [3.8, 4) is 0 Å². The van der Waals surface area contributed by atoms with E-state index in [0.717, 1.165) is 30.5 Å². The average Bonchev–Trinajstić information content (AvgIpc) is 2.86. The summed E-state index contributed by atoms with van der Waals surface area (Å²) in [5, 5.41) is 0. The van der Waals surface area contributed by atoms with Crippen molar-refractivity contribution in [1.82, 2.24) is 4.98 Å². The summed E-state index contributed by atoms with van der Waals surface area (Å²) in [5.41, 5.74) is 8.27. The monoisotopic (exact) mass is 275 g/mol. The third kappa shape index (κ3) is 3.51. The van der Waals surface area contributed by atoms with Gasteiger partial charge in [-0.3, -0.25) is 0 Å². The molecule has 1 saturated heterocycles. The molecule has 0 radical (unpaired) electrons. The smallest absolute Gasteiger partial charge is 0.129 e. The molecule has 112 valence electrons. The minimum absolute atomic E-state index is 0.0719. The van der Waals surface area contributed by atoms with Crippen LogP contribution < -0.4 is 10.6 Å². The number of hydrogen-bond donors (Lipinski definition) is 1. The predicted octanol–water partition coefficient (Wildman–Crippen LogP) is 3.46. The van der Waals surface area contributed by atoms with E-state index in [4.69, 9.17) is 10.7 Å². The molecule has 0 saturated carbocycles. The molecule has 0 spiro atoms. The Hall–Kier alpha value is -1.09. The molecule has 1 unspecified atom stereocenters. The fourth-order valence-corrected chi connectivity index (χ4v) is 2.92. The van der Waals surface area contributed by atoms with Gasteiger partial charge >= 0.3 is 0 Å². The molecule has 2 N–H and O–H groups in total. The van der Waals surface area contributed by atoms with E-state index in [0.29, 0.717) is 6.54 Å². The summed E-state index contributed by atoms with van der Waals surface area (Å²) in [6, 6.07) is 4.33.